The summed E-state index contributed by atoms with van der Waals surface area (Å²) in [6.45, 7) is 0. The highest BCUT2D eigenvalue weighted by Gasteiger charge is 2.22. The van der Waals surface area contributed by atoms with Gasteiger partial charge in [0, 0.05) is 5.92 Å². The van der Waals surface area contributed by atoms with Crippen LogP contribution in [0.1, 0.15) is 24.3 Å². The van der Waals surface area contributed by atoms with Gasteiger partial charge in [0.05, 0.1) is 6.04 Å². The van der Waals surface area contributed by atoms with Gasteiger partial charge in [0.25, 0.3) is 0 Å². The zero-order valence-electron chi connectivity index (χ0n) is 8.47. The van der Waals surface area contributed by atoms with E-state index in [1.165, 1.54) is 5.56 Å². The summed E-state index contributed by atoms with van der Waals surface area (Å²) < 4.78 is 0. The Kier molecular flexibility index (Phi) is 3.11. The molecule has 1 aliphatic rings. The van der Waals surface area contributed by atoms with Crippen LogP contribution in [0, 0.1) is 0 Å². The highest BCUT2D eigenvalue weighted by molar-refractivity contribution is 5.36. The molecular formula is C13H13NO. The van der Waals surface area contributed by atoms with Crippen molar-refractivity contribution in [3.05, 3.63) is 48.0 Å². The topological polar surface area (TPSA) is 29.4 Å². The van der Waals surface area contributed by atoms with Crippen molar-refractivity contribution in [2.45, 2.75) is 24.8 Å². The van der Waals surface area contributed by atoms with Gasteiger partial charge >= 0.3 is 0 Å². The number of benzene rings is 1. The Morgan fingerprint density at radius 1 is 1.27 bits per heavy atom. The molecule has 0 saturated carbocycles. The van der Waals surface area contributed by atoms with Gasteiger partial charge in [0.1, 0.15) is 0 Å². The first-order valence-electron chi connectivity index (χ1n) is 5.20. The van der Waals surface area contributed by atoms with E-state index in [-0.39, 0.29) is 12.0 Å². The standard InChI is InChI=1S/C13H13NO/c15-10-14-13-9-5-4-8-12(13)11-6-2-1-3-7-11/h1-4,6-8,12-13H,5,9H2/t12-,13+/m1/s1. The van der Waals surface area contributed by atoms with Gasteiger partial charge in [-0.1, -0.05) is 42.5 Å². The van der Waals surface area contributed by atoms with E-state index < -0.39 is 0 Å². The summed E-state index contributed by atoms with van der Waals surface area (Å²) in [5.74, 6) is 0.237. The Bertz CT molecular complexity index is 390. The normalized spacial score (nSPS) is 24.5. The summed E-state index contributed by atoms with van der Waals surface area (Å²) in [6, 6.07) is 10.2. The van der Waals surface area contributed by atoms with E-state index >= 15 is 0 Å². The lowest BCUT2D eigenvalue weighted by Gasteiger charge is -2.23. The molecule has 76 valence electrons. The second kappa shape index (κ2) is 4.72. The molecule has 1 aliphatic carbocycles. The smallest absolute Gasteiger partial charge is 0.211 e. The highest BCUT2D eigenvalue weighted by Crippen LogP contribution is 2.29. The fourth-order valence-corrected chi connectivity index (χ4v) is 2.04. The third kappa shape index (κ3) is 2.23. The molecule has 1 aromatic carbocycles. The zero-order valence-corrected chi connectivity index (χ0v) is 8.47. The zero-order chi connectivity index (χ0) is 10.5. The van der Waals surface area contributed by atoms with Crippen molar-refractivity contribution < 1.29 is 4.79 Å². The predicted octanol–water partition coefficient (Wildman–Crippen LogP) is 2.82. The van der Waals surface area contributed by atoms with Crippen LogP contribution in [0.15, 0.2) is 47.5 Å². The number of isocyanates is 1. The third-order valence-corrected chi connectivity index (χ3v) is 2.79. The SMILES string of the molecule is O=C=N[C@H]1CCC=C[C@@H]1c1ccccc1. The van der Waals surface area contributed by atoms with Crippen LogP contribution in [-0.4, -0.2) is 12.1 Å². The molecule has 0 spiro atoms. The molecular weight excluding hydrogens is 186 g/mol. The molecule has 0 N–H and O–H groups in total. The van der Waals surface area contributed by atoms with Gasteiger partial charge in [0.2, 0.25) is 6.08 Å². The Labute approximate surface area is 89.3 Å². The van der Waals surface area contributed by atoms with Gasteiger partial charge in [-0.15, -0.1) is 0 Å². The van der Waals surface area contributed by atoms with E-state index in [1.807, 2.05) is 18.2 Å². The summed E-state index contributed by atoms with van der Waals surface area (Å²) in [5, 5.41) is 0. The molecule has 0 unspecified atom stereocenters. The van der Waals surface area contributed by atoms with Gasteiger partial charge < -0.3 is 0 Å². The number of nitrogens with zero attached hydrogens (tertiary/aromatic N) is 1. The number of aliphatic imine (C=N–C) groups is 1. The van der Waals surface area contributed by atoms with Crippen LogP contribution in [0.3, 0.4) is 0 Å². The van der Waals surface area contributed by atoms with Crippen LogP contribution in [0.5, 0.6) is 0 Å². The average molecular weight is 199 g/mol. The second-order valence-corrected chi connectivity index (χ2v) is 3.73. The van der Waals surface area contributed by atoms with Crippen molar-refractivity contribution in [1.29, 1.82) is 0 Å². The molecule has 0 fully saturated rings. The van der Waals surface area contributed by atoms with Crippen LogP contribution in [0.25, 0.3) is 0 Å². The van der Waals surface area contributed by atoms with Gasteiger partial charge in [-0.2, -0.15) is 0 Å². The molecule has 2 atom stereocenters. The molecule has 0 saturated heterocycles. The summed E-state index contributed by atoms with van der Waals surface area (Å²) in [7, 11) is 0. The lowest BCUT2D eigenvalue weighted by molar-refractivity contribution is 0.524. The van der Waals surface area contributed by atoms with E-state index in [0.717, 1.165) is 12.8 Å². The Morgan fingerprint density at radius 3 is 2.80 bits per heavy atom. The number of rotatable bonds is 2. The molecule has 15 heavy (non-hydrogen) atoms. The number of carbonyl (C=O) groups excluding carboxylic acids is 1. The number of allylic oxidation sites excluding steroid dienone is 1. The van der Waals surface area contributed by atoms with Crippen LogP contribution in [0.2, 0.25) is 0 Å². The first-order valence-corrected chi connectivity index (χ1v) is 5.20. The van der Waals surface area contributed by atoms with E-state index in [1.54, 1.807) is 6.08 Å². The van der Waals surface area contributed by atoms with E-state index in [4.69, 9.17) is 0 Å². The van der Waals surface area contributed by atoms with Crippen molar-refractivity contribution >= 4 is 6.08 Å². The maximum Gasteiger partial charge on any atom is 0.235 e. The molecule has 0 heterocycles. The fourth-order valence-electron chi connectivity index (χ4n) is 2.04. The molecule has 0 aromatic heterocycles. The van der Waals surface area contributed by atoms with Crippen molar-refractivity contribution in [2.75, 3.05) is 0 Å². The highest BCUT2D eigenvalue weighted by atomic mass is 16.1. The largest absolute Gasteiger partial charge is 0.235 e. The van der Waals surface area contributed by atoms with E-state index in [2.05, 4.69) is 29.3 Å². The van der Waals surface area contributed by atoms with Gasteiger partial charge in [-0.05, 0) is 18.4 Å². The predicted molar refractivity (Wildman–Crippen MR) is 59.5 cm³/mol. The maximum atomic E-state index is 10.3. The monoisotopic (exact) mass is 199 g/mol. The van der Waals surface area contributed by atoms with Crippen molar-refractivity contribution in [3.63, 3.8) is 0 Å². The number of hydrogen-bond acceptors (Lipinski definition) is 2. The first kappa shape index (κ1) is 9.88. The summed E-state index contributed by atoms with van der Waals surface area (Å²) in [4.78, 5) is 14.2. The molecule has 0 aliphatic heterocycles. The summed E-state index contributed by atoms with van der Waals surface area (Å²) in [5.41, 5.74) is 1.22. The quantitative estimate of drug-likeness (QED) is 0.409. The molecule has 2 rings (SSSR count). The Morgan fingerprint density at radius 2 is 2.07 bits per heavy atom. The van der Waals surface area contributed by atoms with Gasteiger partial charge in [-0.25, -0.2) is 9.79 Å². The molecule has 0 radical (unpaired) electrons. The van der Waals surface area contributed by atoms with E-state index in [9.17, 15) is 4.79 Å². The lowest BCUT2D eigenvalue weighted by Crippen LogP contribution is -2.17. The maximum absolute atomic E-state index is 10.3. The van der Waals surface area contributed by atoms with Crippen LogP contribution in [0.4, 0.5) is 0 Å². The van der Waals surface area contributed by atoms with Crippen LogP contribution < -0.4 is 0 Å². The number of hydrogen-bond donors (Lipinski definition) is 0. The van der Waals surface area contributed by atoms with Crippen molar-refractivity contribution in [1.82, 2.24) is 0 Å². The molecule has 2 nitrogen and oxygen atoms in total. The lowest BCUT2D eigenvalue weighted by atomic mass is 9.85. The molecule has 0 bridgehead atoms. The van der Waals surface area contributed by atoms with Crippen molar-refractivity contribution in [3.8, 4) is 0 Å². The van der Waals surface area contributed by atoms with Gasteiger partial charge in [0.15, 0.2) is 0 Å². The summed E-state index contributed by atoms with van der Waals surface area (Å²) >= 11 is 0. The average Bonchev–Trinajstić information content (AvgIpc) is 2.31. The summed E-state index contributed by atoms with van der Waals surface area (Å²) in [6.07, 6.45) is 7.92. The Balaban J connectivity index is 2.29. The van der Waals surface area contributed by atoms with Crippen LogP contribution >= 0.6 is 0 Å². The minimum atomic E-state index is 0.0647. The van der Waals surface area contributed by atoms with Crippen LogP contribution in [-0.2, 0) is 4.79 Å². The second-order valence-electron chi connectivity index (χ2n) is 3.73. The van der Waals surface area contributed by atoms with E-state index in [0.29, 0.717) is 0 Å². The van der Waals surface area contributed by atoms with Crippen molar-refractivity contribution in [2.24, 2.45) is 4.99 Å². The molecule has 2 heteroatoms. The Hall–Kier alpha value is -1.66. The molecule has 1 aromatic rings. The first-order chi connectivity index (χ1) is 7.42. The third-order valence-electron chi connectivity index (χ3n) is 2.79. The fraction of sp³-hybridized carbons (Fsp3) is 0.308. The minimum Gasteiger partial charge on any atom is -0.211 e. The molecule has 0 amide bonds. The van der Waals surface area contributed by atoms with Gasteiger partial charge in [-0.3, -0.25) is 0 Å². The minimum absolute atomic E-state index is 0.0647.